The molecule has 2 aliphatic rings. The lowest BCUT2D eigenvalue weighted by molar-refractivity contribution is -0.133. The van der Waals surface area contributed by atoms with Crippen LogP contribution in [0.4, 0.5) is 0 Å². The van der Waals surface area contributed by atoms with Crippen molar-refractivity contribution in [2.24, 2.45) is 5.92 Å². The molecule has 6 nitrogen and oxygen atoms in total. The second-order valence-electron chi connectivity index (χ2n) is 8.93. The van der Waals surface area contributed by atoms with Crippen molar-refractivity contribution < 1.29 is 4.79 Å². The van der Waals surface area contributed by atoms with Gasteiger partial charge in [0.15, 0.2) is 0 Å². The van der Waals surface area contributed by atoms with Crippen molar-refractivity contribution in [3.8, 4) is 0 Å². The maximum Gasteiger partial charge on any atom is 0.222 e. The number of nitrogens with zero attached hydrogens (tertiary/aromatic N) is 4. The van der Waals surface area contributed by atoms with E-state index in [-0.39, 0.29) is 0 Å². The van der Waals surface area contributed by atoms with Crippen molar-refractivity contribution in [2.75, 3.05) is 40.3 Å². The highest BCUT2D eigenvalue weighted by Gasteiger charge is 2.26. The number of carbonyl (C=O) groups is 1. The Morgan fingerprint density at radius 1 is 1.25 bits per heavy atom. The number of hydrogen-bond donors (Lipinski definition) is 1. The van der Waals surface area contributed by atoms with Crippen LogP contribution in [-0.2, 0) is 17.8 Å². The van der Waals surface area contributed by atoms with Gasteiger partial charge >= 0.3 is 0 Å². The van der Waals surface area contributed by atoms with E-state index in [1.807, 2.05) is 11.9 Å². The predicted molar refractivity (Wildman–Crippen MR) is 113 cm³/mol. The van der Waals surface area contributed by atoms with Crippen molar-refractivity contribution >= 4 is 5.91 Å². The standard InChI is InChI=1S/C22H39N5O/c1-5-21-23-17(2)20(24-21)16-27-12-6-7-18(15-27)8-9-22(28)26(4)19-10-13-25(3)14-11-19/h18-19H,5-16H2,1-4H3,(H,23,24)/t18-/m0/s1. The zero-order valence-electron chi connectivity index (χ0n) is 18.3. The lowest BCUT2D eigenvalue weighted by Gasteiger charge is -2.36. The molecule has 0 unspecified atom stereocenters. The Bertz CT molecular complexity index is 635. The summed E-state index contributed by atoms with van der Waals surface area (Å²) in [5.74, 6) is 2.06. The van der Waals surface area contributed by atoms with E-state index in [1.165, 1.54) is 24.2 Å². The Hall–Kier alpha value is -1.40. The molecular formula is C22H39N5O. The summed E-state index contributed by atoms with van der Waals surface area (Å²) in [6, 6.07) is 0.432. The van der Waals surface area contributed by atoms with E-state index in [0.29, 0.717) is 24.3 Å². The van der Waals surface area contributed by atoms with Crippen LogP contribution in [0.25, 0.3) is 0 Å². The van der Waals surface area contributed by atoms with Crippen molar-refractivity contribution in [3.63, 3.8) is 0 Å². The third-order valence-electron chi connectivity index (χ3n) is 6.74. The van der Waals surface area contributed by atoms with Crippen LogP contribution in [0.2, 0.25) is 0 Å². The Balaban J connectivity index is 1.44. The molecule has 0 saturated carbocycles. The highest BCUT2D eigenvalue weighted by molar-refractivity contribution is 5.76. The number of H-pyrrole nitrogens is 1. The molecule has 2 aliphatic heterocycles. The molecule has 1 amide bonds. The molecule has 0 aliphatic carbocycles. The van der Waals surface area contributed by atoms with Gasteiger partial charge in [-0.05, 0) is 71.6 Å². The van der Waals surface area contributed by atoms with E-state index in [9.17, 15) is 4.79 Å². The first-order valence-electron chi connectivity index (χ1n) is 11.2. The lowest BCUT2D eigenvalue weighted by Crippen LogP contribution is -2.44. The van der Waals surface area contributed by atoms with Crippen LogP contribution < -0.4 is 0 Å². The maximum atomic E-state index is 12.7. The fraction of sp³-hybridized carbons (Fsp3) is 0.818. The van der Waals surface area contributed by atoms with Gasteiger partial charge in [-0.3, -0.25) is 9.69 Å². The smallest absolute Gasteiger partial charge is 0.222 e. The zero-order valence-corrected chi connectivity index (χ0v) is 18.3. The molecular weight excluding hydrogens is 350 g/mol. The number of carbonyl (C=O) groups excluding carboxylic acids is 1. The van der Waals surface area contributed by atoms with Gasteiger partial charge in [0.1, 0.15) is 5.82 Å². The van der Waals surface area contributed by atoms with Gasteiger partial charge in [-0.25, -0.2) is 4.98 Å². The number of aryl methyl sites for hydroxylation is 2. The highest BCUT2D eigenvalue weighted by Crippen LogP contribution is 2.24. The largest absolute Gasteiger partial charge is 0.346 e. The van der Waals surface area contributed by atoms with E-state index in [0.717, 1.165) is 64.2 Å². The van der Waals surface area contributed by atoms with Crippen LogP contribution in [0.1, 0.15) is 62.7 Å². The fourth-order valence-electron chi connectivity index (χ4n) is 4.72. The molecule has 28 heavy (non-hydrogen) atoms. The van der Waals surface area contributed by atoms with E-state index in [4.69, 9.17) is 4.98 Å². The van der Waals surface area contributed by atoms with Crippen LogP contribution >= 0.6 is 0 Å². The first-order chi connectivity index (χ1) is 13.5. The first-order valence-corrected chi connectivity index (χ1v) is 11.2. The minimum absolute atomic E-state index is 0.336. The summed E-state index contributed by atoms with van der Waals surface area (Å²) in [6.07, 6.45) is 7.37. The third-order valence-corrected chi connectivity index (χ3v) is 6.74. The van der Waals surface area contributed by atoms with Gasteiger partial charge in [-0.15, -0.1) is 0 Å². The van der Waals surface area contributed by atoms with Gasteiger partial charge in [0.2, 0.25) is 5.91 Å². The quantitative estimate of drug-likeness (QED) is 0.779. The molecule has 3 heterocycles. The van der Waals surface area contributed by atoms with Gasteiger partial charge < -0.3 is 14.8 Å². The average Bonchev–Trinajstić information content (AvgIpc) is 3.06. The lowest BCUT2D eigenvalue weighted by atomic mass is 9.92. The molecule has 1 N–H and O–H groups in total. The average molecular weight is 390 g/mol. The third kappa shape index (κ3) is 5.57. The molecule has 1 aromatic rings. The van der Waals surface area contributed by atoms with E-state index < -0.39 is 0 Å². The van der Waals surface area contributed by atoms with Crippen molar-refractivity contribution in [1.82, 2.24) is 24.7 Å². The van der Waals surface area contributed by atoms with Gasteiger partial charge in [0.25, 0.3) is 0 Å². The van der Waals surface area contributed by atoms with Gasteiger partial charge in [-0.1, -0.05) is 6.92 Å². The molecule has 0 bridgehead atoms. The summed E-state index contributed by atoms with van der Waals surface area (Å²) < 4.78 is 0. The molecule has 0 spiro atoms. The maximum absolute atomic E-state index is 12.7. The summed E-state index contributed by atoms with van der Waals surface area (Å²) in [6.45, 7) is 9.65. The molecule has 3 rings (SSSR count). The summed E-state index contributed by atoms with van der Waals surface area (Å²) >= 11 is 0. The van der Waals surface area contributed by atoms with Crippen LogP contribution in [0.5, 0.6) is 0 Å². The predicted octanol–water partition coefficient (Wildman–Crippen LogP) is 2.83. The number of nitrogens with one attached hydrogen (secondary N) is 1. The van der Waals surface area contributed by atoms with Gasteiger partial charge in [-0.2, -0.15) is 0 Å². The summed E-state index contributed by atoms with van der Waals surface area (Å²) in [5, 5.41) is 0. The minimum atomic E-state index is 0.336. The van der Waals surface area contributed by atoms with Crippen LogP contribution in [0, 0.1) is 12.8 Å². The summed E-state index contributed by atoms with van der Waals surface area (Å²) in [7, 11) is 4.18. The van der Waals surface area contributed by atoms with Crippen LogP contribution in [0.15, 0.2) is 0 Å². The van der Waals surface area contributed by atoms with Crippen LogP contribution in [-0.4, -0.2) is 76.9 Å². The Morgan fingerprint density at radius 3 is 2.68 bits per heavy atom. The Morgan fingerprint density at radius 2 is 2.00 bits per heavy atom. The molecule has 158 valence electrons. The zero-order chi connectivity index (χ0) is 20.1. The molecule has 6 heteroatoms. The monoisotopic (exact) mass is 389 g/mol. The Kier molecular flexibility index (Phi) is 7.52. The van der Waals surface area contributed by atoms with Crippen molar-refractivity contribution in [2.45, 2.75) is 71.4 Å². The van der Waals surface area contributed by atoms with E-state index in [2.05, 4.69) is 35.7 Å². The molecule has 2 saturated heterocycles. The normalized spacial score (nSPS) is 22.5. The number of aromatic nitrogens is 2. The minimum Gasteiger partial charge on any atom is -0.346 e. The van der Waals surface area contributed by atoms with Crippen LogP contribution in [0.3, 0.4) is 0 Å². The fourth-order valence-corrected chi connectivity index (χ4v) is 4.72. The number of piperidine rings is 2. The molecule has 1 aromatic heterocycles. The van der Waals surface area contributed by atoms with Gasteiger partial charge in [0.05, 0.1) is 5.69 Å². The van der Waals surface area contributed by atoms with Crippen molar-refractivity contribution in [1.29, 1.82) is 0 Å². The number of amides is 1. The molecule has 0 aromatic carbocycles. The number of imidazole rings is 1. The second-order valence-corrected chi connectivity index (χ2v) is 8.93. The molecule has 1 atom stereocenters. The summed E-state index contributed by atoms with van der Waals surface area (Å²) in [4.78, 5) is 27.8. The highest BCUT2D eigenvalue weighted by atomic mass is 16.2. The number of likely N-dealkylation sites (tertiary alicyclic amines) is 2. The molecule has 0 radical (unpaired) electrons. The van der Waals surface area contributed by atoms with Gasteiger partial charge in [0, 0.05) is 44.7 Å². The first kappa shape index (κ1) is 21.3. The Labute approximate surface area is 170 Å². The van der Waals surface area contributed by atoms with Crippen molar-refractivity contribution in [3.05, 3.63) is 17.2 Å². The topological polar surface area (TPSA) is 55.5 Å². The SMILES string of the molecule is CCc1nc(CN2CCC[C@@H](CCC(=O)N(C)C3CCN(C)CC3)C2)c(C)[nH]1. The van der Waals surface area contributed by atoms with E-state index >= 15 is 0 Å². The second kappa shape index (κ2) is 9.88. The van der Waals surface area contributed by atoms with E-state index in [1.54, 1.807) is 0 Å². The molecule has 2 fully saturated rings. The number of aromatic amines is 1. The number of hydrogen-bond acceptors (Lipinski definition) is 4. The number of rotatable bonds is 7. The summed E-state index contributed by atoms with van der Waals surface area (Å²) in [5.41, 5.74) is 2.39.